The molecule has 1 aliphatic rings. The molecule has 0 saturated heterocycles. The van der Waals surface area contributed by atoms with Gasteiger partial charge in [0.05, 0.1) is 0 Å². The van der Waals surface area contributed by atoms with Gasteiger partial charge in [0.15, 0.2) is 0 Å². The number of benzene rings is 1. The maximum Gasteiger partial charge on any atom is 0.129 e. The van der Waals surface area contributed by atoms with Crippen LogP contribution in [0.15, 0.2) is 12.1 Å². The fraction of sp³-hybridized carbons (Fsp3) is 0.625. The van der Waals surface area contributed by atoms with Crippen LogP contribution in [0.25, 0.3) is 0 Å². The highest BCUT2D eigenvalue weighted by molar-refractivity contribution is 5.25. The summed E-state index contributed by atoms with van der Waals surface area (Å²) in [5.41, 5.74) is 0.930. The van der Waals surface area contributed by atoms with Crippen LogP contribution in [0.5, 0.6) is 0 Å². The van der Waals surface area contributed by atoms with E-state index in [-0.39, 0.29) is 5.56 Å². The molecule has 1 fully saturated rings. The molecule has 0 unspecified atom stereocenters. The molecular weight excluding hydrogens is 230 g/mol. The molecule has 0 radical (unpaired) electrons. The smallest absolute Gasteiger partial charge is 0.129 e. The molecule has 1 aliphatic carbocycles. The quantitative estimate of drug-likeness (QED) is 0.707. The van der Waals surface area contributed by atoms with Gasteiger partial charge >= 0.3 is 0 Å². The van der Waals surface area contributed by atoms with Crippen LogP contribution in [0.3, 0.4) is 0 Å². The van der Waals surface area contributed by atoms with Crippen LogP contribution >= 0.6 is 0 Å². The largest absolute Gasteiger partial charge is 0.207 e. The van der Waals surface area contributed by atoms with Gasteiger partial charge in [0.25, 0.3) is 0 Å². The average molecular weight is 252 g/mol. The van der Waals surface area contributed by atoms with Gasteiger partial charge in [-0.15, -0.1) is 0 Å². The van der Waals surface area contributed by atoms with Gasteiger partial charge in [-0.25, -0.2) is 8.78 Å². The topological polar surface area (TPSA) is 0 Å². The predicted molar refractivity (Wildman–Crippen MR) is 70.5 cm³/mol. The summed E-state index contributed by atoms with van der Waals surface area (Å²) in [6.07, 6.45) is 7.03. The van der Waals surface area contributed by atoms with Gasteiger partial charge in [-0.2, -0.15) is 0 Å². The SMILES string of the molecule is Cc1c(F)cc(CCC2CCC(C)CC2)cc1F. The highest BCUT2D eigenvalue weighted by Gasteiger charge is 2.18. The number of aryl methyl sites for hydroxylation is 1. The number of rotatable bonds is 3. The van der Waals surface area contributed by atoms with Gasteiger partial charge in [0, 0.05) is 5.56 Å². The Morgan fingerprint density at radius 3 is 2.17 bits per heavy atom. The minimum absolute atomic E-state index is 0.130. The van der Waals surface area contributed by atoms with Crippen molar-refractivity contribution < 1.29 is 8.78 Å². The first kappa shape index (κ1) is 13.5. The normalized spacial score (nSPS) is 24.2. The maximum atomic E-state index is 13.4. The third-order valence-electron chi connectivity index (χ3n) is 4.32. The Morgan fingerprint density at radius 2 is 1.61 bits per heavy atom. The van der Waals surface area contributed by atoms with Crippen molar-refractivity contribution in [3.05, 3.63) is 34.9 Å². The first-order valence-electron chi connectivity index (χ1n) is 7.00. The summed E-state index contributed by atoms with van der Waals surface area (Å²) in [6.45, 7) is 3.79. The monoisotopic (exact) mass is 252 g/mol. The van der Waals surface area contributed by atoms with Crippen LogP contribution in [0.2, 0.25) is 0 Å². The number of hydrogen-bond acceptors (Lipinski definition) is 0. The van der Waals surface area contributed by atoms with E-state index in [0.717, 1.165) is 30.2 Å². The number of halogens is 2. The van der Waals surface area contributed by atoms with Crippen molar-refractivity contribution in [3.8, 4) is 0 Å². The molecule has 1 aromatic carbocycles. The van der Waals surface area contributed by atoms with Crippen LogP contribution in [-0.4, -0.2) is 0 Å². The van der Waals surface area contributed by atoms with Crippen LogP contribution in [-0.2, 0) is 6.42 Å². The van der Waals surface area contributed by atoms with Gasteiger partial charge in [0.2, 0.25) is 0 Å². The highest BCUT2D eigenvalue weighted by atomic mass is 19.1. The summed E-state index contributed by atoms with van der Waals surface area (Å²) in [4.78, 5) is 0. The van der Waals surface area contributed by atoms with E-state index >= 15 is 0 Å². The van der Waals surface area contributed by atoms with Crippen molar-refractivity contribution in [1.29, 1.82) is 0 Å². The molecular formula is C16H22F2. The Hall–Kier alpha value is -0.920. The lowest BCUT2D eigenvalue weighted by atomic mass is 9.80. The van der Waals surface area contributed by atoms with Crippen LogP contribution < -0.4 is 0 Å². The van der Waals surface area contributed by atoms with Crippen molar-refractivity contribution >= 4 is 0 Å². The molecule has 0 aromatic heterocycles. The molecule has 0 N–H and O–H groups in total. The molecule has 0 nitrogen and oxygen atoms in total. The van der Waals surface area contributed by atoms with E-state index in [4.69, 9.17) is 0 Å². The molecule has 0 atom stereocenters. The lowest BCUT2D eigenvalue weighted by molar-refractivity contribution is 0.277. The van der Waals surface area contributed by atoms with Crippen LogP contribution in [0.4, 0.5) is 8.78 Å². The van der Waals surface area contributed by atoms with E-state index in [1.54, 1.807) is 0 Å². The molecule has 0 aliphatic heterocycles. The third-order valence-corrected chi connectivity index (χ3v) is 4.32. The second-order valence-corrected chi connectivity index (χ2v) is 5.85. The lowest BCUT2D eigenvalue weighted by Gasteiger charge is -2.26. The maximum absolute atomic E-state index is 13.4. The number of hydrogen-bond donors (Lipinski definition) is 0. The van der Waals surface area contributed by atoms with E-state index in [9.17, 15) is 8.78 Å². The molecule has 0 spiro atoms. The average Bonchev–Trinajstić information content (AvgIpc) is 2.35. The standard InChI is InChI=1S/C16H22F2/c1-11-3-5-13(6-4-11)7-8-14-9-15(17)12(2)16(18)10-14/h9-11,13H,3-8H2,1-2H3. The lowest BCUT2D eigenvalue weighted by Crippen LogP contribution is -2.13. The Labute approximate surface area is 108 Å². The van der Waals surface area contributed by atoms with Gasteiger partial charge in [-0.05, 0) is 49.3 Å². The zero-order valence-corrected chi connectivity index (χ0v) is 11.3. The van der Waals surface area contributed by atoms with E-state index < -0.39 is 11.6 Å². The summed E-state index contributed by atoms with van der Waals surface area (Å²) in [7, 11) is 0. The summed E-state index contributed by atoms with van der Waals surface area (Å²) in [5, 5.41) is 0. The Bertz CT molecular complexity index is 381. The highest BCUT2D eigenvalue weighted by Crippen LogP contribution is 2.31. The van der Waals surface area contributed by atoms with E-state index in [0.29, 0.717) is 0 Å². The van der Waals surface area contributed by atoms with Gasteiger partial charge in [0.1, 0.15) is 11.6 Å². The van der Waals surface area contributed by atoms with Crippen molar-refractivity contribution in [2.75, 3.05) is 0 Å². The molecule has 2 heteroatoms. The van der Waals surface area contributed by atoms with Gasteiger partial charge in [-0.1, -0.05) is 32.6 Å². The van der Waals surface area contributed by atoms with Crippen molar-refractivity contribution in [3.63, 3.8) is 0 Å². The molecule has 1 saturated carbocycles. The van der Waals surface area contributed by atoms with Gasteiger partial charge < -0.3 is 0 Å². The second kappa shape index (κ2) is 5.81. The summed E-state index contributed by atoms with van der Waals surface area (Å²) >= 11 is 0. The van der Waals surface area contributed by atoms with E-state index in [1.807, 2.05) is 0 Å². The molecule has 0 amide bonds. The Morgan fingerprint density at radius 1 is 1.06 bits per heavy atom. The molecule has 2 rings (SSSR count). The van der Waals surface area contributed by atoms with Crippen LogP contribution in [0.1, 0.15) is 50.2 Å². The molecule has 18 heavy (non-hydrogen) atoms. The fourth-order valence-electron chi connectivity index (χ4n) is 2.83. The zero-order chi connectivity index (χ0) is 13.1. The predicted octanol–water partition coefficient (Wildman–Crippen LogP) is 5.03. The fourth-order valence-corrected chi connectivity index (χ4v) is 2.83. The van der Waals surface area contributed by atoms with Gasteiger partial charge in [-0.3, -0.25) is 0 Å². The third kappa shape index (κ3) is 3.30. The minimum atomic E-state index is -0.415. The Kier molecular flexibility index (Phi) is 4.36. The first-order valence-corrected chi connectivity index (χ1v) is 7.00. The Balaban J connectivity index is 1.90. The summed E-state index contributed by atoms with van der Waals surface area (Å²) in [6, 6.07) is 2.98. The molecule has 0 bridgehead atoms. The van der Waals surface area contributed by atoms with Crippen molar-refractivity contribution in [1.82, 2.24) is 0 Å². The summed E-state index contributed by atoms with van der Waals surface area (Å²) < 4.78 is 26.8. The first-order chi connectivity index (χ1) is 8.56. The van der Waals surface area contributed by atoms with E-state index in [2.05, 4.69) is 6.92 Å². The van der Waals surface area contributed by atoms with Crippen LogP contribution in [0, 0.1) is 30.4 Å². The minimum Gasteiger partial charge on any atom is -0.207 e. The molecule has 100 valence electrons. The molecule has 0 heterocycles. The second-order valence-electron chi connectivity index (χ2n) is 5.85. The summed E-state index contributed by atoms with van der Waals surface area (Å²) in [5.74, 6) is 0.772. The van der Waals surface area contributed by atoms with Crippen molar-refractivity contribution in [2.45, 2.75) is 52.4 Å². The molecule has 1 aromatic rings. The van der Waals surface area contributed by atoms with Crippen molar-refractivity contribution in [2.24, 2.45) is 11.8 Å². The zero-order valence-electron chi connectivity index (χ0n) is 11.3. The van der Waals surface area contributed by atoms with E-state index in [1.165, 1.54) is 44.7 Å².